The Morgan fingerprint density at radius 3 is 2.35 bits per heavy atom. The number of nitrogens with two attached hydrogens (primary N) is 1. The highest BCUT2D eigenvalue weighted by Gasteiger charge is 2.21. The lowest BCUT2D eigenvalue weighted by atomic mass is 10.1. The third-order valence-corrected chi connectivity index (χ3v) is 4.18. The highest BCUT2D eigenvalue weighted by molar-refractivity contribution is 7.89. The first-order chi connectivity index (χ1) is 9.30. The summed E-state index contributed by atoms with van der Waals surface area (Å²) in [6.45, 7) is 4.61. The molecule has 1 rings (SSSR count). The second-order valence-electron chi connectivity index (χ2n) is 4.90. The van der Waals surface area contributed by atoms with E-state index in [2.05, 4.69) is 4.72 Å². The molecule has 20 heavy (non-hydrogen) atoms. The fourth-order valence-electron chi connectivity index (χ4n) is 1.32. The van der Waals surface area contributed by atoms with Crippen LogP contribution in [0.5, 0.6) is 5.75 Å². The molecule has 0 saturated carbocycles. The Morgan fingerprint density at radius 2 is 1.85 bits per heavy atom. The molecule has 7 heteroatoms. The first kappa shape index (κ1) is 16.9. The van der Waals surface area contributed by atoms with Crippen molar-refractivity contribution in [3.8, 4) is 5.75 Å². The van der Waals surface area contributed by atoms with Crippen LogP contribution in [-0.2, 0) is 14.8 Å². The van der Waals surface area contributed by atoms with Crippen LogP contribution in [0.4, 0.5) is 0 Å². The SMILES string of the molecule is COC(C)(C)CNS(=O)(=O)c1ccc(OCCN)cc1. The van der Waals surface area contributed by atoms with E-state index in [0.717, 1.165) is 0 Å². The molecule has 0 aliphatic carbocycles. The summed E-state index contributed by atoms with van der Waals surface area (Å²) in [5.74, 6) is 0.589. The Kier molecular flexibility index (Phi) is 5.94. The van der Waals surface area contributed by atoms with Crippen molar-refractivity contribution in [1.82, 2.24) is 4.72 Å². The van der Waals surface area contributed by atoms with Gasteiger partial charge in [0.2, 0.25) is 10.0 Å². The highest BCUT2D eigenvalue weighted by atomic mass is 32.2. The first-order valence-electron chi connectivity index (χ1n) is 6.28. The Hall–Kier alpha value is -1.15. The fourth-order valence-corrected chi connectivity index (χ4v) is 2.51. The quantitative estimate of drug-likeness (QED) is 0.738. The van der Waals surface area contributed by atoms with E-state index in [1.54, 1.807) is 26.0 Å². The smallest absolute Gasteiger partial charge is 0.240 e. The molecule has 0 radical (unpaired) electrons. The van der Waals surface area contributed by atoms with Gasteiger partial charge >= 0.3 is 0 Å². The van der Waals surface area contributed by atoms with Crippen molar-refractivity contribution in [2.24, 2.45) is 5.73 Å². The second kappa shape index (κ2) is 7.03. The zero-order chi connectivity index (χ0) is 15.2. The number of ether oxygens (including phenoxy) is 2. The maximum atomic E-state index is 12.1. The number of hydrogen-bond donors (Lipinski definition) is 2. The van der Waals surface area contributed by atoms with Crippen LogP contribution in [0.1, 0.15) is 13.8 Å². The molecule has 0 aliphatic rings. The van der Waals surface area contributed by atoms with Gasteiger partial charge in [-0.3, -0.25) is 0 Å². The fraction of sp³-hybridized carbons (Fsp3) is 0.538. The predicted octanol–water partition coefficient (Wildman–Crippen LogP) is 0.727. The maximum absolute atomic E-state index is 12.1. The third-order valence-electron chi connectivity index (χ3n) is 2.76. The Morgan fingerprint density at radius 1 is 1.25 bits per heavy atom. The summed E-state index contributed by atoms with van der Waals surface area (Å²) in [6.07, 6.45) is 0. The van der Waals surface area contributed by atoms with Crippen molar-refractivity contribution in [2.45, 2.75) is 24.3 Å². The van der Waals surface area contributed by atoms with Gasteiger partial charge in [-0.1, -0.05) is 0 Å². The average Bonchev–Trinajstić information content (AvgIpc) is 2.44. The number of rotatable bonds is 8. The van der Waals surface area contributed by atoms with Crippen molar-refractivity contribution >= 4 is 10.0 Å². The van der Waals surface area contributed by atoms with Gasteiger partial charge in [-0.25, -0.2) is 13.1 Å². The summed E-state index contributed by atoms with van der Waals surface area (Å²) in [4.78, 5) is 0.185. The van der Waals surface area contributed by atoms with Crippen LogP contribution in [0.3, 0.4) is 0 Å². The molecule has 0 aliphatic heterocycles. The van der Waals surface area contributed by atoms with Gasteiger partial charge in [0.25, 0.3) is 0 Å². The van der Waals surface area contributed by atoms with E-state index in [-0.39, 0.29) is 11.4 Å². The summed E-state index contributed by atoms with van der Waals surface area (Å²) in [7, 11) is -2.01. The Labute approximate surface area is 120 Å². The van der Waals surface area contributed by atoms with Gasteiger partial charge in [-0.05, 0) is 38.1 Å². The van der Waals surface area contributed by atoms with Gasteiger partial charge in [-0.15, -0.1) is 0 Å². The molecule has 3 N–H and O–H groups in total. The van der Waals surface area contributed by atoms with Crippen LogP contribution >= 0.6 is 0 Å². The summed E-state index contributed by atoms with van der Waals surface area (Å²) < 4.78 is 37.2. The van der Waals surface area contributed by atoms with Gasteiger partial charge in [0.1, 0.15) is 12.4 Å². The van der Waals surface area contributed by atoms with Gasteiger partial charge in [0, 0.05) is 20.2 Å². The van der Waals surface area contributed by atoms with E-state index in [1.165, 1.54) is 19.2 Å². The molecule has 6 nitrogen and oxygen atoms in total. The molecule has 0 fully saturated rings. The van der Waals surface area contributed by atoms with Crippen LogP contribution in [0.2, 0.25) is 0 Å². The molecule has 1 aromatic carbocycles. The first-order valence-corrected chi connectivity index (χ1v) is 7.77. The molecule has 1 aromatic rings. The van der Waals surface area contributed by atoms with Crippen molar-refractivity contribution in [3.63, 3.8) is 0 Å². The predicted molar refractivity (Wildman–Crippen MR) is 77.3 cm³/mol. The number of methoxy groups -OCH3 is 1. The van der Waals surface area contributed by atoms with Crippen molar-refractivity contribution in [1.29, 1.82) is 0 Å². The lowest BCUT2D eigenvalue weighted by Gasteiger charge is -2.23. The summed E-state index contributed by atoms with van der Waals surface area (Å²) in [5.41, 5.74) is 4.77. The Balaban J connectivity index is 2.73. The van der Waals surface area contributed by atoms with Gasteiger partial charge in [-0.2, -0.15) is 0 Å². The number of benzene rings is 1. The molecule has 0 atom stereocenters. The molecule has 0 amide bonds. The second-order valence-corrected chi connectivity index (χ2v) is 6.66. The number of hydrogen-bond acceptors (Lipinski definition) is 5. The highest BCUT2D eigenvalue weighted by Crippen LogP contribution is 2.16. The van der Waals surface area contributed by atoms with E-state index < -0.39 is 15.6 Å². The Bertz CT molecular complexity index is 512. The van der Waals surface area contributed by atoms with Crippen LogP contribution in [0.15, 0.2) is 29.2 Å². The minimum Gasteiger partial charge on any atom is -0.492 e. The normalized spacial score (nSPS) is 12.4. The summed E-state index contributed by atoms with van der Waals surface area (Å²) in [6, 6.07) is 6.19. The lowest BCUT2D eigenvalue weighted by molar-refractivity contribution is 0.0276. The maximum Gasteiger partial charge on any atom is 0.240 e. The van der Waals surface area contributed by atoms with E-state index in [1.807, 2.05) is 0 Å². The molecular weight excluding hydrogens is 280 g/mol. The van der Waals surface area contributed by atoms with Gasteiger partial charge in [0.05, 0.1) is 10.5 Å². The molecule has 0 aromatic heterocycles. The third kappa shape index (κ3) is 5.09. The van der Waals surface area contributed by atoms with E-state index in [9.17, 15) is 8.42 Å². The largest absolute Gasteiger partial charge is 0.492 e. The van der Waals surface area contributed by atoms with Crippen molar-refractivity contribution in [2.75, 3.05) is 26.8 Å². The molecule has 0 bridgehead atoms. The van der Waals surface area contributed by atoms with Crippen LogP contribution in [-0.4, -0.2) is 40.8 Å². The van der Waals surface area contributed by atoms with E-state index in [0.29, 0.717) is 18.9 Å². The zero-order valence-corrected chi connectivity index (χ0v) is 12.9. The average molecular weight is 302 g/mol. The van der Waals surface area contributed by atoms with Crippen LogP contribution in [0, 0.1) is 0 Å². The molecule has 0 saturated heterocycles. The minimum absolute atomic E-state index is 0.185. The van der Waals surface area contributed by atoms with Crippen molar-refractivity contribution < 1.29 is 17.9 Å². The standard InChI is InChI=1S/C13H22N2O4S/c1-13(2,18-3)10-15-20(16,17)12-6-4-11(5-7-12)19-9-8-14/h4-7,15H,8-10,14H2,1-3H3. The van der Waals surface area contributed by atoms with E-state index >= 15 is 0 Å². The number of sulfonamides is 1. The monoisotopic (exact) mass is 302 g/mol. The minimum atomic E-state index is -3.55. The number of nitrogens with one attached hydrogen (secondary N) is 1. The van der Waals surface area contributed by atoms with Crippen molar-refractivity contribution in [3.05, 3.63) is 24.3 Å². The molecular formula is C13H22N2O4S. The molecule has 0 unspecified atom stereocenters. The zero-order valence-electron chi connectivity index (χ0n) is 12.0. The van der Waals surface area contributed by atoms with Gasteiger partial charge in [0.15, 0.2) is 0 Å². The van der Waals surface area contributed by atoms with Crippen LogP contribution < -0.4 is 15.2 Å². The van der Waals surface area contributed by atoms with E-state index in [4.69, 9.17) is 15.2 Å². The molecule has 114 valence electrons. The molecule has 0 spiro atoms. The topological polar surface area (TPSA) is 90.6 Å². The lowest BCUT2D eigenvalue weighted by Crippen LogP contribution is -2.39. The van der Waals surface area contributed by atoms with Gasteiger partial charge < -0.3 is 15.2 Å². The summed E-state index contributed by atoms with van der Waals surface area (Å²) >= 11 is 0. The van der Waals surface area contributed by atoms with Crippen LogP contribution in [0.25, 0.3) is 0 Å². The molecule has 0 heterocycles. The summed E-state index contributed by atoms with van der Waals surface area (Å²) in [5, 5.41) is 0.